The molecule has 0 aliphatic rings. The molecule has 0 unspecified atom stereocenters. The Hall–Kier alpha value is -2.43. The van der Waals surface area contributed by atoms with Gasteiger partial charge >= 0.3 is 0 Å². The molecule has 96 valence electrons. The van der Waals surface area contributed by atoms with Crippen molar-refractivity contribution in [3.05, 3.63) is 42.5 Å². The van der Waals surface area contributed by atoms with Crippen LogP contribution in [0, 0.1) is 6.92 Å². The molecule has 5 heteroatoms. The van der Waals surface area contributed by atoms with Crippen molar-refractivity contribution in [2.75, 3.05) is 0 Å². The summed E-state index contributed by atoms with van der Waals surface area (Å²) in [5, 5.41) is 0. The van der Waals surface area contributed by atoms with Crippen LogP contribution >= 0.6 is 0 Å². The summed E-state index contributed by atoms with van der Waals surface area (Å²) in [5.74, 6) is 2.13. The summed E-state index contributed by atoms with van der Waals surface area (Å²) in [6.07, 6.45) is 3.97. The zero-order chi connectivity index (χ0) is 13.4. The van der Waals surface area contributed by atoms with Crippen molar-refractivity contribution in [1.82, 2.24) is 24.1 Å². The van der Waals surface area contributed by atoms with Gasteiger partial charge in [0.15, 0.2) is 11.6 Å². The fourth-order valence-corrected chi connectivity index (χ4v) is 2.10. The Morgan fingerprint density at radius 1 is 0.789 bits per heavy atom. The van der Waals surface area contributed by atoms with E-state index in [0.29, 0.717) is 11.6 Å². The molecule has 0 atom stereocenters. The Labute approximate surface area is 111 Å². The second kappa shape index (κ2) is 4.35. The van der Waals surface area contributed by atoms with Gasteiger partial charge in [-0.05, 0) is 31.2 Å². The first-order valence-electron chi connectivity index (χ1n) is 6.11. The first kappa shape index (κ1) is 11.6. The van der Waals surface area contributed by atoms with Gasteiger partial charge in [-0.1, -0.05) is 0 Å². The summed E-state index contributed by atoms with van der Waals surface area (Å²) in [4.78, 5) is 13.4. The molecule has 0 radical (unpaired) electrons. The molecule has 0 saturated carbocycles. The van der Waals surface area contributed by atoms with Crippen LogP contribution in [0.1, 0.15) is 5.82 Å². The standard InChI is InChI=1S/C14H15N5/c1-10-15-13(11-6-4-8-18(11)2)17-14(16-10)12-7-5-9-19(12)3/h4-9H,1-3H3. The third-order valence-electron chi connectivity index (χ3n) is 3.09. The lowest BCUT2D eigenvalue weighted by atomic mass is 10.3. The first-order chi connectivity index (χ1) is 9.15. The summed E-state index contributed by atoms with van der Waals surface area (Å²) in [6, 6.07) is 7.97. The van der Waals surface area contributed by atoms with E-state index in [9.17, 15) is 0 Å². The second-order valence-corrected chi connectivity index (χ2v) is 4.54. The maximum atomic E-state index is 4.58. The van der Waals surface area contributed by atoms with Crippen LogP contribution < -0.4 is 0 Å². The van der Waals surface area contributed by atoms with Gasteiger partial charge in [0.05, 0.1) is 11.4 Å². The highest BCUT2D eigenvalue weighted by Gasteiger charge is 2.11. The van der Waals surface area contributed by atoms with Gasteiger partial charge in [-0.2, -0.15) is 0 Å². The molecule has 0 aliphatic carbocycles. The highest BCUT2D eigenvalue weighted by atomic mass is 15.1. The molecule has 0 spiro atoms. The molecule has 0 aromatic carbocycles. The highest BCUT2D eigenvalue weighted by Crippen LogP contribution is 2.20. The average molecular weight is 253 g/mol. The average Bonchev–Trinajstić information content (AvgIpc) is 2.97. The Bertz CT molecular complexity index is 665. The zero-order valence-corrected chi connectivity index (χ0v) is 11.2. The van der Waals surface area contributed by atoms with Crippen molar-refractivity contribution in [1.29, 1.82) is 0 Å². The molecule has 0 fully saturated rings. The molecule has 0 amide bonds. The maximum Gasteiger partial charge on any atom is 0.180 e. The molecular formula is C14H15N5. The van der Waals surface area contributed by atoms with Crippen LogP contribution in [-0.4, -0.2) is 24.1 Å². The lowest BCUT2D eigenvalue weighted by molar-refractivity contribution is 0.884. The predicted octanol–water partition coefficient (Wildman–Crippen LogP) is 2.19. The smallest absolute Gasteiger partial charge is 0.180 e. The normalized spacial score (nSPS) is 10.9. The summed E-state index contributed by atoms with van der Waals surface area (Å²) < 4.78 is 4.01. The van der Waals surface area contributed by atoms with Gasteiger partial charge < -0.3 is 9.13 Å². The van der Waals surface area contributed by atoms with Crippen molar-refractivity contribution in [2.45, 2.75) is 6.92 Å². The topological polar surface area (TPSA) is 48.5 Å². The minimum atomic E-state index is 0.705. The van der Waals surface area contributed by atoms with Gasteiger partial charge in [0.1, 0.15) is 5.82 Å². The fraction of sp³-hybridized carbons (Fsp3) is 0.214. The maximum absolute atomic E-state index is 4.58. The van der Waals surface area contributed by atoms with Crippen LogP contribution in [0.25, 0.3) is 23.0 Å². The molecule has 3 aromatic heterocycles. The third-order valence-corrected chi connectivity index (χ3v) is 3.09. The lowest BCUT2D eigenvalue weighted by Crippen LogP contribution is -2.03. The van der Waals surface area contributed by atoms with Crippen LogP contribution in [0.3, 0.4) is 0 Å². The molecule has 19 heavy (non-hydrogen) atoms. The highest BCUT2D eigenvalue weighted by molar-refractivity contribution is 5.56. The molecule has 0 saturated heterocycles. The Kier molecular flexibility index (Phi) is 2.67. The van der Waals surface area contributed by atoms with Crippen molar-refractivity contribution in [3.63, 3.8) is 0 Å². The van der Waals surface area contributed by atoms with Crippen LogP contribution in [0.15, 0.2) is 36.7 Å². The quantitative estimate of drug-likeness (QED) is 0.703. The third kappa shape index (κ3) is 2.03. The minimum absolute atomic E-state index is 0.705. The van der Waals surface area contributed by atoms with Crippen LogP contribution in [-0.2, 0) is 14.1 Å². The van der Waals surface area contributed by atoms with Gasteiger partial charge in [0.25, 0.3) is 0 Å². The number of hydrogen-bond acceptors (Lipinski definition) is 3. The van der Waals surface area contributed by atoms with Crippen molar-refractivity contribution in [2.24, 2.45) is 14.1 Å². The molecule has 5 nitrogen and oxygen atoms in total. The predicted molar refractivity (Wildman–Crippen MR) is 73.4 cm³/mol. The summed E-state index contributed by atoms with van der Waals surface area (Å²) >= 11 is 0. The van der Waals surface area contributed by atoms with E-state index in [0.717, 1.165) is 17.2 Å². The summed E-state index contributed by atoms with van der Waals surface area (Å²) in [5.41, 5.74) is 1.97. The number of nitrogens with zero attached hydrogens (tertiary/aromatic N) is 5. The van der Waals surface area contributed by atoms with E-state index in [1.165, 1.54) is 0 Å². The molecule has 0 bridgehead atoms. The van der Waals surface area contributed by atoms with Crippen molar-refractivity contribution >= 4 is 0 Å². The fourth-order valence-electron chi connectivity index (χ4n) is 2.10. The van der Waals surface area contributed by atoms with E-state index in [2.05, 4.69) is 15.0 Å². The Balaban J connectivity index is 2.17. The van der Waals surface area contributed by atoms with Gasteiger partial charge in [-0.3, -0.25) is 0 Å². The first-order valence-corrected chi connectivity index (χ1v) is 6.11. The van der Waals surface area contributed by atoms with E-state index in [-0.39, 0.29) is 0 Å². The van der Waals surface area contributed by atoms with E-state index < -0.39 is 0 Å². The van der Waals surface area contributed by atoms with Crippen molar-refractivity contribution < 1.29 is 0 Å². The molecule has 3 aromatic rings. The summed E-state index contributed by atoms with van der Waals surface area (Å²) in [7, 11) is 3.97. The summed E-state index contributed by atoms with van der Waals surface area (Å²) in [6.45, 7) is 1.89. The number of hydrogen-bond donors (Lipinski definition) is 0. The number of rotatable bonds is 2. The molecule has 3 rings (SSSR count). The van der Waals surface area contributed by atoms with Gasteiger partial charge in [-0.15, -0.1) is 0 Å². The Morgan fingerprint density at radius 3 is 1.63 bits per heavy atom. The SMILES string of the molecule is Cc1nc(-c2cccn2C)nc(-c2cccn2C)n1. The largest absolute Gasteiger partial charge is 0.348 e. The van der Waals surface area contributed by atoms with Gasteiger partial charge in [0, 0.05) is 26.5 Å². The molecular weight excluding hydrogens is 238 g/mol. The minimum Gasteiger partial charge on any atom is -0.348 e. The van der Waals surface area contributed by atoms with E-state index in [1.807, 2.05) is 66.8 Å². The molecule has 3 heterocycles. The van der Waals surface area contributed by atoms with E-state index >= 15 is 0 Å². The van der Waals surface area contributed by atoms with E-state index in [4.69, 9.17) is 0 Å². The van der Waals surface area contributed by atoms with Gasteiger partial charge in [-0.25, -0.2) is 15.0 Å². The zero-order valence-electron chi connectivity index (χ0n) is 11.2. The lowest BCUT2D eigenvalue weighted by Gasteiger charge is -2.07. The van der Waals surface area contributed by atoms with Crippen molar-refractivity contribution in [3.8, 4) is 23.0 Å². The van der Waals surface area contributed by atoms with Crippen LogP contribution in [0.5, 0.6) is 0 Å². The Morgan fingerprint density at radius 2 is 1.26 bits per heavy atom. The molecule has 0 N–H and O–H groups in total. The van der Waals surface area contributed by atoms with E-state index in [1.54, 1.807) is 0 Å². The number of aromatic nitrogens is 5. The second-order valence-electron chi connectivity index (χ2n) is 4.54. The van der Waals surface area contributed by atoms with Gasteiger partial charge in [0.2, 0.25) is 0 Å². The van der Waals surface area contributed by atoms with Crippen LogP contribution in [0.4, 0.5) is 0 Å². The van der Waals surface area contributed by atoms with Crippen LogP contribution in [0.2, 0.25) is 0 Å². The monoisotopic (exact) mass is 253 g/mol. The number of aryl methyl sites for hydroxylation is 3. The molecule has 0 aliphatic heterocycles.